The standard InChI is InChI=1S/Ba.Co.Li.Mg.Mn.Ni.5H/q+2;;+1;+2;;;5*-1. The molecule has 0 unspecified atom stereocenters. The van der Waals surface area contributed by atoms with Gasteiger partial charge in [0.15, 0.2) is 0 Å². The molecule has 0 aliphatic rings. The molecule has 0 amide bonds. The van der Waals surface area contributed by atoms with Gasteiger partial charge in [0.05, 0.1) is 0 Å². The molecular formula is H5BaCoLiMgMnNi. The van der Waals surface area contributed by atoms with Gasteiger partial charge in [0.1, 0.15) is 0 Å². The Bertz CT molecular complexity index is 26.4. The fraction of sp³-hybridized carbons (Fsp3) is 0. The van der Waals surface area contributed by atoms with Crippen LogP contribution in [0, 0.1) is 0 Å². The van der Waals surface area contributed by atoms with Crippen molar-refractivity contribution in [3.8, 4) is 0 Å². The molecule has 0 aromatic rings. The number of rotatable bonds is 0. The smallest absolute Gasteiger partial charge is 1.00 e. The first-order valence-electron chi connectivity index (χ1n) is 0. The first kappa shape index (κ1) is 47.1. The maximum Gasteiger partial charge on any atom is 2.00 e. The quantitative estimate of drug-likeness (QED) is 0.406. The second kappa shape index (κ2) is 34.1. The van der Waals surface area contributed by atoms with Crippen molar-refractivity contribution in [1.29, 1.82) is 0 Å². The first-order valence-corrected chi connectivity index (χ1v) is 0. The third-order valence-corrected chi connectivity index (χ3v) is 0. The largest absolute Gasteiger partial charge is 2.00 e. The van der Waals surface area contributed by atoms with Gasteiger partial charge in [0.25, 0.3) is 0 Å². The zero-order chi connectivity index (χ0) is 0. The van der Waals surface area contributed by atoms with Crippen LogP contribution in [0.2, 0.25) is 0 Å². The van der Waals surface area contributed by atoms with E-state index in [-0.39, 0.29) is 148 Å². The first-order chi connectivity index (χ1) is 0. The van der Waals surface area contributed by atoms with Crippen LogP contribution in [0.3, 0.4) is 0 Å². The molecule has 0 aromatic carbocycles. The minimum Gasteiger partial charge on any atom is -1.00 e. The van der Waals surface area contributed by atoms with Crippen LogP contribution in [-0.2, 0) is 50.3 Å². The second-order valence-corrected chi connectivity index (χ2v) is 0. The van der Waals surface area contributed by atoms with Crippen LogP contribution in [0.4, 0.5) is 0 Å². The maximum absolute atomic E-state index is 0. The van der Waals surface area contributed by atoms with Crippen LogP contribution in [-0.4, -0.2) is 71.9 Å². The van der Waals surface area contributed by atoms with Crippen molar-refractivity contribution in [3.63, 3.8) is 0 Å². The summed E-state index contributed by atoms with van der Waals surface area (Å²) in [6.45, 7) is 0. The normalized spacial score (nSPS) is 0. The summed E-state index contributed by atoms with van der Waals surface area (Å²) in [4.78, 5) is 0. The van der Waals surface area contributed by atoms with Crippen molar-refractivity contribution in [1.82, 2.24) is 0 Å². The maximum atomic E-state index is 0. The molecule has 0 atom stereocenters. The van der Waals surface area contributed by atoms with Gasteiger partial charge in [-0.2, -0.15) is 0 Å². The minimum absolute atomic E-state index is 0. The molecule has 0 heterocycles. The third kappa shape index (κ3) is 23.7. The number of hydrogen-bond acceptors (Lipinski definition) is 0. The predicted molar refractivity (Wildman–Crippen MR) is 17.1 cm³/mol. The van der Waals surface area contributed by atoms with Gasteiger partial charge in [-0.05, 0) is 0 Å². The summed E-state index contributed by atoms with van der Waals surface area (Å²) in [7, 11) is 0. The topological polar surface area (TPSA) is 0 Å². The molecule has 0 aromatic heterocycles. The molecule has 0 nitrogen and oxygen atoms in total. The summed E-state index contributed by atoms with van der Waals surface area (Å²) in [6.07, 6.45) is 0. The molecule has 2 radical (unpaired) electrons. The van der Waals surface area contributed by atoms with E-state index in [4.69, 9.17) is 0 Å². The van der Waals surface area contributed by atoms with Gasteiger partial charge < -0.3 is 7.13 Å². The van der Waals surface area contributed by atoms with Crippen molar-refractivity contribution < 1.29 is 76.3 Å². The Morgan fingerprint density at radius 3 is 1.17 bits per heavy atom. The van der Waals surface area contributed by atoms with Crippen molar-refractivity contribution in [2.45, 2.75) is 0 Å². The van der Waals surface area contributed by atoms with Crippen LogP contribution in [0.1, 0.15) is 7.13 Å². The van der Waals surface area contributed by atoms with Crippen LogP contribution in [0.15, 0.2) is 0 Å². The van der Waals surface area contributed by atoms with Crippen molar-refractivity contribution in [2.24, 2.45) is 0 Å². The molecule has 0 N–H and O–H groups in total. The molecule has 0 rings (SSSR count). The number of hydrogen-bond donors (Lipinski definition) is 0. The summed E-state index contributed by atoms with van der Waals surface area (Å²) in [5.74, 6) is 0. The molecule has 0 spiro atoms. The van der Waals surface area contributed by atoms with Gasteiger partial charge in [-0.3, -0.25) is 0 Å². The zero-order valence-corrected chi connectivity index (χ0v) is 12.5. The van der Waals surface area contributed by atoms with Gasteiger partial charge in [-0.25, -0.2) is 0 Å². The third-order valence-electron chi connectivity index (χ3n) is 0. The van der Waals surface area contributed by atoms with Crippen LogP contribution in [0.5, 0.6) is 0 Å². The fourth-order valence-electron chi connectivity index (χ4n) is 0. The van der Waals surface area contributed by atoms with Gasteiger partial charge in [0, 0.05) is 50.3 Å². The summed E-state index contributed by atoms with van der Waals surface area (Å²) >= 11 is 0. The molecule has 0 saturated carbocycles. The molecule has 0 fully saturated rings. The molecule has 6 heteroatoms. The zero-order valence-electron chi connectivity index (χ0n) is 8.44. The van der Waals surface area contributed by atoms with Crippen LogP contribution >= 0.6 is 0 Å². The summed E-state index contributed by atoms with van der Waals surface area (Å²) in [5, 5.41) is 0. The molecule has 6 heavy (non-hydrogen) atoms. The molecule has 0 aliphatic heterocycles. The average Bonchev–Trinajstić information content (AvgIpc) is 0. The van der Waals surface area contributed by atoms with E-state index in [1.54, 1.807) is 0 Å². The van der Waals surface area contributed by atoms with E-state index >= 15 is 0 Å². The monoisotopic (exact) mass is 346 g/mol. The minimum atomic E-state index is 0. The van der Waals surface area contributed by atoms with E-state index in [2.05, 4.69) is 0 Å². The molecule has 0 bridgehead atoms. The van der Waals surface area contributed by atoms with E-state index in [0.29, 0.717) is 0 Å². The predicted octanol–water partition coefficient (Wildman–Crippen LogP) is -3.20. The van der Waals surface area contributed by atoms with Crippen LogP contribution in [0.25, 0.3) is 0 Å². The average molecular weight is 346 g/mol. The summed E-state index contributed by atoms with van der Waals surface area (Å²) < 4.78 is 0. The van der Waals surface area contributed by atoms with E-state index in [1.165, 1.54) is 0 Å². The Morgan fingerprint density at radius 1 is 1.17 bits per heavy atom. The summed E-state index contributed by atoms with van der Waals surface area (Å²) in [5.41, 5.74) is 0. The van der Waals surface area contributed by atoms with E-state index in [9.17, 15) is 0 Å². The van der Waals surface area contributed by atoms with Crippen molar-refractivity contribution in [2.75, 3.05) is 0 Å². The Kier molecular flexibility index (Phi) is 267. The summed E-state index contributed by atoms with van der Waals surface area (Å²) in [6, 6.07) is 0. The molecule has 0 aliphatic carbocycles. The Morgan fingerprint density at radius 2 is 1.17 bits per heavy atom. The molecule has 0 saturated heterocycles. The van der Waals surface area contributed by atoms with Gasteiger partial charge in [0.2, 0.25) is 0 Å². The second-order valence-electron chi connectivity index (χ2n) is 0. The van der Waals surface area contributed by atoms with Gasteiger partial charge in [-0.15, -0.1) is 0 Å². The van der Waals surface area contributed by atoms with Gasteiger partial charge in [-0.1, -0.05) is 0 Å². The van der Waals surface area contributed by atoms with Crippen LogP contribution < -0.4 is 18.9 Å². The Balaban J connectivity index is 0. The van der Waals surface area contributed by atoms with E-state index < -0.39 is 0 Å². The van der Waals surface area contributed by atoms with Crippen molar-refractivity contribution in [3.05, 3.63) is 0 Å². The van der Waals surface area contributed by atoms with E-state index in [0.717, 1.165) is 0 Å². The SMILES string of the molecule is [Ba+2].[Co].[H-].[H-].[H-].[H-].[H-].[Li+].[Mg+2].[Mn].[Ni]. The molecular weight excluding hydrogens is 341 g/mol. The van der Waals surface area contributed by atoms with Gasteiger partial charge >= 0.3 is 90.8 Å². The Labute approximate surface area is 145 Å². The molecule has 36 valence electrons. The Hall–Kier alpha value is 4.45. The fourth-order valence-corrected chi connectivity index (χ4v) is 0. The van der Waals surface area contributed by atoms with E-state index in [1.807, 2.05) is 0 Å². The van der Waals surface area contributed by atoms with Crippen molar-refractivity contribution >= 4 is 71.9 Å².